The highest BCUT2D eigenvalue weighted by Crippen LogP contribution is 2.48. The molecule has 8 saturated heterocycles. The van der Waals surface area contributed by atoms with E-state index in [4.69, 9.17) is 47.4 Å². The number of cyclic esters (lactones) is 2. The molecule has 23 heteroatoms. The van der Waals surface area contributed by atoms with Crippen molar-refractivity contribution in [2.24, 2.45) is 52.3 Å². The first-order chi connectivity index (χ1) is 43.7. The Labute approximate surface area is 559 Å². The molecule has 3 N–H and O–H groups in total. The highest BCUT2D eigenvalue weighted by molar-refractivity contribution is 6.06. The molecular weight excluding hydrogens is 1210 g/mol. The molecule has 0 aromatic carbocycles. The molecule has 0 spiro atoms. The van der Waals surface area contributed by atoms with Crippen LogP contribution in [-0.4, -0.2) is 218 Å². The monoisotopic (exact) mass is 1330 g/mol. The number of rotatable bonds is 8. The van der Waals surface area contributed by atoms with E-state index in [9.17, 15) is 43.5 Å². The van der Waals surface area contributed by atoms with E-state index in [1.165, 1.54) is 6.92 Å². The van der Waals surface area contributed by atoms with Crippen molar-refractivity contribution in [3.8, 4) is 0 Å². The minimum atomic E-state index is -1.71. The number of aliphatic hydroxyl groups excluding tert-OH is 1. The standard InChI is InChI=1S/C36H60N2O9.C35H58N2O10/c1-12-28-36(9)26(16-29(40)47-36)24(6)37-18-20(2)17-35(8)31(46-32-22(4)27(38(10)11)15-21(3)44-32)23(5)30(41)34(7,33(42)45-28)14-13-25(39)19-43-35;1-11-26-35(8)24(15-27(39)47-35)22(5)36-17-19(2)16-34(7)30(46-31-28(40)25(37(9)10)14-20(3)44-31)21(4)29(41)33(6,32(42)45-26)13-12-23(38)18-43-34/h20-24,26-28,31-32,37H,12-19H2,1-11H3;19-22,24-26,28,30-31,36,40H,11-18H2,1-10H3/t20-,21?,22?,23+,24-,26-,27?,28-,31-,32?,34?,35-,36+;19-,20?,21+,22-,24-,25?,26-,28?,30-,31?,33-,34-,35+/m11/s1. The van der Waals surface area contributed by atoms with Gasteiger partial charge in [-0.25, -0.2) is 0 Å². The van der Waals surface area contributed by atoms with E-state index in [0.717, 1.165) is 6.42 Å². The zero-order valence-electron chi connectivity index (χ0n) is 60.6. The Morgan fingerprint density at radius 2 is 0.915 bits per heavy atom. The summed E-state index contributed by atoms with van der Waals surface area (Å²) in [6.45, 7) is 32.6. The average Bonchev–Trinajstić information content (AvgIpc) is 1.23. The molecule has 8 fully saturated rings. The van der Waals surface area contributed by atoms with Crippen molar-refractivity contribution < 1.29 is 90.8 Å². The van der Waals surface area contributed by atoms with Crippen LogP contribution < -0.4 is 10.6 Å². The van der Waals surface area contributed by atoms with E-state index in [-0.39, 0.29) is 147 Å². The highest BCUT2D eigenvalue weighted by Gasteiger charge is 2.61. The molecule has 0 aromatic heterocycles. The fourth-order valence-electron chi connectivity index (χ4n) is 17.1. The van der Waals surface area contributed by atoms with Crippen molar-refractivity contribution in [1.29, 1.82) is 0 Å². The number of Topliss-reactive ketones (excluding diaryl/α,β-unsaturated/α-hetero) is 4. The van der Waals surface area contributed by atoms with E-state index >= 15 is 0 Å². The molecule has 26 atom stereocenters. The second-order valence-corrected chi connectivity index (χ2v) is 31.4. The van der Waals surface area contributed by atoms with Crippen LogP contribution in [0.15, 0.2) is 0 Å². The number of carbonyl (C=O) groups is 8. The first kappa shape index (κ1) is 77.5. The van der Waals surface area contributed by atoms with Crippen LogP contribution >= 0.6 is 0 Å². The lowest BCUT2D eigenvalue weighted by Gasteiger charge is -2.48. The summed E-state index contributed by atoms with van der Waals surface area (Å²) in [5.41, 5.74) is -7.84. The lowest BCUT2D eigenvalue weighted by molar-refractivity contribution is -0.297. The summed E-state index contributed by atoms with van der Waals surface area (Å²) >= 11 is 0. The normalized spacial score (nSPS) is 46.0. The van der Waals surface area contributed by atoms with Gasteiger partial charge in [0.15, 0.2) is 46.9 Å². The van der Waals surface area contributed by atoms with Gasteiger partial charge in [-0.15, -0.1) is 0 Å². The molecule has 8 aliphatic rings. The lowest BCUT2D eigenvalue weighted by atomic mass is 9.70. The summed E-state index contributed by atoms with van der Waals surface area (Å²) in [5, 5.41) is 18.6. The van der Waals surface area contributed by atoms with Crippen LogP contribution in [0.25, 0.3) is 0 Å². The molecule has 0 radical (unpaired) electrons. The largest absolute Gasteiger partial charge is 0.457 e. The summed E-state index contributed by atoms with van der Waals surface area (Å²) in [5.74, 6) is -5.79. The third-order valence-electron chi connectivity index (χ3n) is 23.1. The van der Waals surface area contributed by atoms with Crippen molar-refractivity contribution >= 4 is 47.0 Å². The number of esters is 4. The fourth-order valence-corrected chi connectivity index (χ4v) is 17.1. The highest BCUT2D eigenvalue weighted by atomic mass is 16.7. The van der Waals surface area contributed by atoms with Crippen molar-refractivity contribution in [2.75, 3.05) is 54.5 Å². The smallest absolute Gasteiger partial charge is 0.319 e. The number of hydrogen-bond acceptors (Lipinski definition) is 23. The molecule has 0 aliphatic carbocycles. The molecule has 8 heterocycles. The Hall–Kier alpha value is -3.88. The van der Waals surface area contributed by atoms with E-state index in [2.05, 4.69) is 29.4 Å². The summed E-state index contributed by atoms with van der Waals surface area (Å²) in [6, 6.07) is -0.382. The summed E-state index contributed by atoms with van der Waals surface area (Å²) in [7, 11) is 7.86. The molecule has 0 saturated carbocycles. The van der Waals surface area contributed by atoms with Gasteiger partial charge in [-0.2, -0.15) is 0 Å². The topological polar surface area (TPSA) is 280 Å². The number of nitrogens with one attached hydrogen (secondary N) is 2. The third-order valence-corrected chi connectivity index (χ3v) is 23.1. The van der Waals surface area contributed by atoms with Crippen LogP contribution in [0.2, 0.25) is 0 Å². The van der Waals surface area contributed by atoms with Gasteiger partial charge < -0.3 is 72.9 Å². The van der Waals surface area contributed by atoms with Crippen LogP contribution in [0.1, 0.15) is 195 Å². The Morgan fingerprint density at radius 3 is 1.30 bits per heavy atom. The van der Waals surface area contributed by atoms with Gasteiger partial charge in [0, 0.05) is 66.6 Å². The number of fused-ring (bicyclic) bond motifs is 10. The molecule has 9 unspecified atom stereocenters. The van der Waals surface area contributed by atoms with E-state index in [0.29, 0.717) is 45.2 Å². The number of ketones is 4. The maximum atomic E-state index is 14.8. The molecule has 0 amide bonds. The molecule has 8 aliphatic heterocycles. The van der Waals surface area contributed by atoms with Crippen molar-refractivity contribution in [3.63, 3.8) is 0 Å². The second kappa shape index (κ2) is 30.7. The number of aliphatic hydroxyl groups is 1. The van der Waals surface area contributed by atoms with Crippen molar-refractivity contribution in [3.05, 3.63) is 0 Å². The van der Waals surface area contributed by atoms with Crippen LogP contribution in [0.5, 0.6) is 0 Å². The minimum Gasteiger partial charge on any atom is -0.457 e. The van der Waals surface area contributed by atoms with Gasteiger partial charge in [-0.1, -0.05) is 48.5 Å². The van der Waals surface area contributed by atoms with Crippen LogP contribution in [0.4, 0.5) is 0 Å². The molecule has 4 bridgehead atoms. The van der Waals surface area contributed by atoms with E-state index in [1.54, 1.807) is 27.7 Å². The first-order valence-corrected chi connectivity index (χ1v) is 35.1. The molecular formula is C71H118N4O19. The molecule has 536 valence electrons. The maximum Gasteiger partial charge on any atom is 0.319 e. The molecule has 94 heavy (non-hydrogen) atoms. The quantitative estimate of drug-likeness (QED) is 0.127. The molecule has 8 rings (SSSR count). The first-order valence-electron chi connectivity index (χ1n) is 35.1. The van der Waals surface area contributed by atoms with Gasteiger partial charge in [0.2, 0.25) is 0 Å². The third kappa shape index (κ3) is 16.4. The van der Waals surface area contributed by atoms with Crippen LogP contribution in [0, 0.1) is 52.3 Å². The van der Waals surface area contributed by atoms with Gasteiger partial charge >= 0.3 is 23.9 Å². The Morgan fingerprint density at radius 1 is 0.543 bits per heavy atom. The van der Waals surface area contributed by atoms with E-state index in [1.807, 2.05) is 102 Å². The van der Waals surface area contributed by atoms with Gasteiger partial charge in [-0.05, 0) is 174 Å². The number of ether oxygens (including phenoxy) is 10. The zero-order valence-corrected chi connectivity index (χ0v) is 60.6. The summed E-state index contributed by atoms with van der Waals surface area (Å²) < 4.78 is 63.4. The zero-order chi connectivity index (χ0) is 70.1. The lowest BCUT2D eigenvalue weighted by Crippen LogP contribution is -2.60. The van der Waals surface area contributed by atoms with Crippen molar-refractivity contribution in [2.45, 2.75) is 297 Å². The maximum absolute atomic E-state index is 14.8. The predicted octanol–water partition coefficient (Wildman–Crippen LogP) is 6.89. The van der Waals surface area contributed by atoms with Gasteiger partial charge in [0.25, 0.3) is 0 Å². The average molecular weight is 1330 g/mol. The summed E-state index contributed by atoms with van der Waals surface area (Å²) in [4.78, 5) is 114. The number of hydrogen-bond donors (Lipinski definition) is 3. The molecule has 0 aromatic rings. The number of nitrogens with zero attached hydrogens (tertiary/aromatic N) is 2. The predicted molar refractivity (Wildman–Crippen MR) is 348 cm³/mol. The number of carbonyl (C=O) groups excluding carboxylic acids is 8. The fraction of sp³-hybridized carbons (Fsp3) is 0.887. The van der Waals surface area contributed by atoms with Gasteiger partial charge in [-0.3, -0.25) is 38.4 Å². The summed E-state index contributed by atoms with van der Waals surface area (Å²) in [6.07, 6.45) is -3.29. The van der Waals surface area contributed by atoms with Gasteiger partial charge in [0.1, 0.15) is 42.4 Å². The van der Waals surface area contributed by atoms with Crippen LogP contribution in [-0.2, 0) is 85.7 Å². The van der Waals surface area contributed by atoms with E-state index < -0.39 is 106 Å². The van der Waals surface area contributed by atoms with Crippen molar-refractivity contribution in [1.82, 2.24) is 20.4 Å². The Bertz CT molecular complexity index is 2540. The molecule has 23 nitrogen and oxygen atoms in total. The number of likely N-dealkylation sites (N-methyl/N-ethyl adjacent to an activating group) is 1. The Balaban J connectivity index is 0.000000266. The second-order valence-electron chi connectivity index (χ2n) is 31.4. The minimum absolute atomic E-state index is 0.0176. The SMILES string of the molecule is CC[C@H]1OC(=O)C2(C)CCC(=O)CO[C@](C)(C[C@@H](C)CN[C@H](C)[C@H]3CC(=O)O[C@@]31C)[C@H](OC1OC(C)CC(N(C)C)C1C)[C@@H](C)C2=O.CC[C@H]1OC(=O)[C@]2(C)CCC(=O)CO[C@](C)(C[C@@H](C)CN[C@H](C)[C@H]3CC(=O)O[C@@]31C)[C@H](OC1OC(C)CC(N(C)C)C1O)[C@@H](C)C2=O. The van der Waals surface area contributed by atoms with Gasteiger partial charge in [0.05, 0.1) is 48.5 Å². The van der Waals surface area contributed by atoms with Crippen LogP contribution in [0.3, 0.4) is 0 Å². The Kier molecular flexibility index (Phi) is 25.3.